The Labute approximate surface area is 122 Å². The van der Waals surface area contributed by atoms with Crippen molar-refractivity contribution >= 4 is 22.6 Å². The molecular weight excluding hydrogens is 276 g/mol. The van der Waals surface area contributed by atoms with E-state index in [9.17, 15) is 0 Å². The third-order valence-corrected chi connectivity index (χ3v) is 3.79. The van der Waals surface area contributed by atoms with Crippen LogP contribution in [0.25, 0.3) is 11.0 Å². The van der Waals surface area contributed by atoms with Gasteiger partial charge in [-0.25, -0.2) is 9.99 Å². The number of aromatic nitrogens is 2. The molecule has 3 rings (SSSR count). The molecule has 1 saturated heterocycles. The van der Waals surface area contributed by atoms with Gasteiger partial charge in [0.15, 0.2) is 0 Å². The van der Waals surface area contributed by atoms with Gasteiger partial charge in [-0.15, -0.1) is 0 Å². The van der Waals surface area contributed by atoms with Crippen LogP contribution in [-0.4, -0.2) is 46.3 Å². The minimum absolute atomic E-state index is 0.225. The van der Waals surface area contributed by atoms with Gasteiger partial charge in [0.05, 0.1) is 11.0 Å². The Hall–Kier alpha value is -1.27. The SMILES string of the molecule is OCCCN1CC(c2cnc3ccc(Cl)nc3c2)CN1. The highest BCUT2D eigenvalue weighted by Crippen LogP contribution is 2.23. The fraction of sp³-hybridized carbons (Fsp3) is 0.429. The Kier molecular flexibility index (Phi) is 4.12. The molecule has 1 fully saturated rings. The molecular formula is C14H17ClN4O. The highest BCUT2D eigenvalue weighted by molar-refractivity contribution is 6.29. The first-order chi connectivity index (χ1) is 9.76. The molecule has 2 aromatic heterocycles. The van der Waals surface area contributed by atoms with Gasteiger partial charge in [-0.3, -0.25) is 10.4 Å². The van der Waals surface area contributed by atoms with E-state index < -0.39 is 0 Å². The van der Waals surface area contributed by atoms with Crippen molar-refractivity contribution < 1.29 is 5.11 Å². The summed E-state index contributed by atoms with van der Waals surface area (Å²) in [5.41, 5.74) is 6.22. The van der Waals surface area contributed by atoms with Crippen LogP contribution in [0.5, 0.6) is 0 Å². The molecule has 20 heavy (non-hydrogen) atoms. The third-order valence-electron chi connectivity index (χ3n) is 3.58. The Balaban J connectivity index is 1.77. The van der Waals surface area contributed by atoms with Crippen molar-refractivity contribution in [3.63, 3.8) is 0 Å². The molecule has 1 unspecified atom stereocenters. The first-order valence-corrected chi connectivity index (χ1v) is 7.15. The first-order valence-electron chi connectivity index (χ1n) is 6.78. The van der Waals surface area contributed by atoms with Crippen LogP contribution in [0, 0.1) is 0 Å². The van der Waals surface area contributed by atoms with E-state index in [0.717, 1.165) is 37.1 Å². The number of hydrogen-bond acceptors (Lipinski definition) is 5. The Morgan fingerprint density at radius 2 is 2.30 bits per heavy atom. The molecule has 0 aromatic carbocycles. The van der Waals surface area contributed by atoms with Crippen LogP contribution in [0.1, 0.15) is 17.9 Å². The van der Waals surface area contributed by atoms with Crippen molar-refractivity contribution in [1.82, 2.24) is 20.4 Å². The lowest BCUT2D eigenvalue weighted by molar-refractivity contribution is 0.209. The maximum Gasteiger partial charge on any atom is 0.129 e. The maximum absolute atomic E-state index is 8.87. The largest absolute Gasteiger partial charge is 0.396 e. The minimum Gasteiger partial charge on any atom is -0.396 e. The van der Waals surface area contributed by atoms with Crippen molar-refractivity contribution in [3.05, 3.63) is 35.1 Å². The number of aliphatic hydroxyl groups is 1. The van der Waals surface area contributed by atoms with Crippen molar-refractivity contribution in [1.29, 1.82) is 0 Å². The fourth-order valence-corrected chi connectivity index (χ4v) is 2.66. The molecule has 1 aliphatic rings. The van der Waals surface area contributed by atoms with E-state index in [1.54, 1.807) is 6.07 Å². The van der Waals surface area contributed by atoms with Crippen molar-refractivity contribution in [3.8, 4) is 0 Å². The number of halogens is 1. The molecule has 0 saturated carbocycles. The van der Waals surface area contributed by atoms with Gasteiger partial charge < -0.3 is 5.11 Å². The van der Waals surface area contributed by atoms with Crippen LogP contribution in [0.3, 0.4) is 0 Å². The lowest BCUT2D eigenvalue weighted by Crippen LogP contribution is -2.31. The number of fused-ring (bicyclic) bond motifs is 1. The maximum atomic E-state index is 8.87. The van der Waals surface area contributed by atoms with Crippen LogP contribution in [-0.2, 0) is 0 Å². The van der Waals surface area contributed by atoms with Crippen LogP contribution in [0.15, 0.2) is 24.4 Å². The van der Waals surface area contributed by atoms with Gasteiger partial charge >= 0.3 is 0 Å². The van der Waals surface area contributed by atoms with E-state index in [2.05, 4.69) is 26.5 Å². The van der Waals surface area contributed by atoms with E-state index in [4.69, 9.17) is 16.7 Å². The van der Waals surface area contributed by atoms with Gasteiger partial charge in [0.2, 0.25) is 0 Å². The summed E-state index contributed by atoms with van der Waals surface area (Å²) >= 11 is 5.93. The molecule has 3 heterocycles. The lowest BCUT2D eigenvalue weighted by Gasteiger charge is -2.14. The summed E-state index contributed by atoms with van der Waals surface area (Å²) in [7, 11) is 0. The summed E-state index contributed by atoms with van der Waals surface area (Å²) < 4.78 is 0. The van der Waals surface area contributed by atoms with Gasteiger partial charge in [0.25, 0.3) is 0 Å². The fourth-order valence-electron chi connectivity index (χ4n) is 2.51. The normalized spacial score (nSPS) is 19.8. The summed E-state index contributed by atoms with van der Waals surface area (Å²) in [5, 5.41) is 11.5. The smallest absolute Gasteiger partial charge is 0.129 e. The highest BCUT2D eigenvalue weighted by atomic mass is 35.5. The molecule has 0 aliphatic carbocycles. The van der Waals surface area contributed by atoms with E-state index in [1.165, 1.54) is 5.56 Å². The number of aliphatic hydroxyl groups excluding tert-OH is 1. The average molecular weight is 293 g/mol. The quantitative estimate of drug-likeness (QED) is 0.838. The van der Waals surface area contributed by atoms with E-state index >= 15 is 0 Å². The first kappa shape index (κ1) is 13.7. The van der Waals surface area contributed by atoms with Crippen molar-refractivity contribution in [2.75, 3.05) is 26.2 Å². The van der Waals surface area contributed by atoms with Gasteiger partial charge in [-0.05, 0) is 30.2 Å². The summed E-state index contributed by atoms with van der Waals surface area (Å²) in [6, 6.07) is 5.70. The topological polar surface area (TPSA) is 61.3 Å². The lowest BCUT2D eigenvalue weighted by atomic mass is 10.0. The third kappa shape index (κ3) is 2.91. The Morgan fingerprint density at radius 1 is 1.40 bits per heavy atom. The molecule has 0 spiro atoms. The summed E-state index contributed by atoms with van der Waals surface area (Å²) in [4.78, 5) is 8.76. The molecule has 0 radical (unpaired) electrons. The van der Waals surface area contributed by atoms with Gasteiger partial charge in [0, 0.05) is 38.4 Å². The number of pyridine rings is 2. The van der Waals surface area contributed by atoms with Gasteiger partial charge in [-0.2, -0.15) is 0 Å². The van der Waals surface area contributed by atoms with Gasteiger partial charge in [-0.1, -0.05) is 11.6 Å². The average Bonchev–Trinajstić information content (AvgIpc) is 2.93. The molecule has 1 aliphatic heterocycles. The number of hydrazine groups is 1. The predicted molar refractivity (Wildman–Crippen MR) is 78.6 cm³/mol. The highest BCUT2D eigenvalue weighted by Gasteiger charge is 2.23. The zero-order chi connectivity index (χ0) is 13.9. The van der Waals surface area contributed by atoms with E-state index in [-0.39, 0.29) is 6.61 Å². The molecule has 6 heteroatoms. The van der Waals surface area contributed by atoms with E-state index in [1.807, 2.05) is 12.3 Å². The second kappa shape index (κ2) is 6.01. The monoisotopic (exact) mass is 292 g/mol. The molecule has 0 bridgehead atoms. The summed E-state index contributed by atoms with van der Waals surface area (Å²) in [5.74, 6) is 0.395. The van der Waals surface area contributed by atoms with Crippen molar-refractivity contribution in [2.45, 2.75) is 12.3 Å². The Morgan fingerprint density at radius 3 is 3.15 bits per heavy atom. The molecule has 2 aromatic rings. The number of hydrogen-bond donors (Lipinski definition) is 2. The summed E-state index contributed by atoms with van der Waals surface area (Å²) in [6.45, 7) is 2.90. The molecule has 106 valence electrons. The molecule has 5 nitrogen and oxygen atoms in total. The van der Waals surface area contributed by atoms with Crippen LogP contribution in [0.4, 0.5) is 0 Å². The summed E-state index contributed by atoms with van der Waals surface area (Å²) in [6.07, 6.45) is 2.70. The van der Waals surface area contributed by atoms with Crippen LogP contribution >= 0.6 is 11.6 Å². The zero-order valence-corrected chi connectivity index (χ0v) is 11.8. The molecule has 0 amide bonds. The minimum atomic E-state index is 0.225. The Bertz CT molecular complexity index is 607. The number of rotatable bonds is 4. The van der Waals surface area contributed by atoms with Gasteiger partial charge in [0.1, 0.15) is 5.15 Å². The van der Waals surface area contributed by atoms with E-state index in [0.29, 0.717) is 11.1 Å². The predicted octanol–water partition coefficient (Wildman–Crippen LogP) is 1.57. The molecule has 2 N–H and O–H groups in total. The van der Waals surface area contributed by atoms with Crippen molar-refractivity contribution in [2.24, 2.45) is 0 Å². The standard InChI is InChI=1S/C14H17ClN4O/c15-14-3-2-12-13(18-14)6-10(7-16-12)11-8-17-19(9-11)4-1-5-20/h2-3,6-7,11,17,20H,1,4-5,8-9H2. The zero-order valence-electron chi connectivity index (χ0n) is 11.1. The second-order valence-electron chi connectivity index (χ2n) is 5.02. The molecule has 1 atom stereocenters. The number of nitrogens with zero attached hydrogens (tertiary/aromatic N) is 3. The second-order valence-corrected chi connectivity index (χ2v) is 5.41. The van der Waals surface area contributed by atoms with Crippen LogP contribution < -0.4 is 5.43 Å². The number of nitrogens with one attached hydrogen (secondary N) is 1. The van der Waals surface area contributed by atoms with Crippen LogP contribution in [0.2, 0.25) is 5.15 Å².